The van der Waals surface area contributed by atoms with Gasteiger partial charge in [0.25, 0.3) is 0 Å². The lowest BCUT2D eigenvalue weighted by Crippen LogP contribution is -2.19. The van der Waals surface area contributed by atoms with Gasteiger partial charge in [-0.15, -0.1) is 0 Å². The molecule has 0 aliphatic heterocycles. The van der Waals surface area contributed by atoms with Crippen molar-refractivity contribution >= 4 is 68.5 Å². The van der Waals surface area contributed by atoms with Gasteiger partial charge in [-0.1, -0.05) is 71.7 Å². The second-order valence-electron chi connectivity index (χ2n) is 7.37. The van der Waals surface area contributed by atoms with E-state index in [1.54, 1.807) is 24.3 Å². The summed E-state index contributed by atoms with van der Waals surface area (Å²) in [7, 11) is 0. The Labute approximate surface area is 234 Å². The number of nitrogens with zero attached hydrogens (tertiary/aromatic N) is 2. The monoisotopic (exact) mass is 590 g/mol. The number of rotatable bonds is 2. The molecule has 2 aromatic carbocycles. The molecule has 0 amide bonds. The molecule has 1 aliphatic rings. The summed E-state index contributed by atoms with van der Waals surface area (Å²) >= 11 is 10.4. The molecule has 0 saturated heterocycles. The van der Waals surface area contributed by atoms with E-state index < -0.39 is 45.1 Å². The van der Waals surface area contributed by atoms with Gasteiger partial charge in [-0.25, -0.2) is 19.6 Å². The number of carboxylic acids is 2. The van der Waals surface area contributed by atoms with Crippen molar-refractivity contribution in [2.75, 3.05) is 0 Å². The standard InChI is InChI=1S/2C10H7NO2.C6H2Cl2O4.2H2O/c2*12-10(13)9-6-5-7-3-1-2-4-8(7)11-9;7-1-3(9)5(11)2(8)6(12)4(1)10;;/h2*1-6H,(H,12,13);9,12H;2*1H2. The molecule has 0 bridgehead atoms. The van der Waals surface area contributed by atoms with E-state index in [4.69, 9.17) is 43.6 Å². The van der Waals surface area contributed by atoms with Crippen LogP contribution in [0.25, 0.3) is 21.8 Å². The first kappa shape index (κ1) is 33.1. The van der Waals surface area contributed by atoms with Crippen LogP contribution in [-0.4, -0.2) is 64.9 Å². The summed E-state index contributed by atoms with van der Waals surface area (Å²) in [4.78, 5) is 50.7. The number of Topliss-reactive ketones (excluding diaryl/α,β-unsaturated/α-hetero) is 2. The van der Waals surface area contributed by atoms with Crippen molar-refractivity contribution in [2.24, 2.45) is 0 Å². The molecule has 12 nitrogen and oxygen atoms in total. The van der Waals surface area contributed by atoms with Gasteiger partial charge in [0.1, 0.15) is 21.5 Å². The number of aromatic nitrogens is 2. The summed E-state index contributed by atoms with van der Waals surface area (Å²) in [5, 5.41) is 35.5. The Morgan fingerprint density at radius 3 is 1.23 bits per heavy atom. The van der Waals surface area contributed by atoms with Gasteiger partial charge in [0.15, 0.2) is 11.5 Å². The molecule has 2 aromatic heterocycles. The Morgan fingerprint density at radius 2 is 0.900 bits per heavy atom. The number of fused-ring (bicyclic) bond motifs is 2. The van der Waals surface area contributed by atoms with Gasteiger partial charge < -0.3 is 31.4 Å². The second-order valence-corrected chi connectivity index (χ2v) is 8.13. The number of aliphatic hydroxyl groups excluding tert-OH is 2. The number of ketones is 2. The van der Waals surface area contributed by atoms with E-state index in [0.29, 0.717) is 11.0 Å². The highest BCUT2D eigenvalue weighted by Gasteiger charge is 2.33. The highest BCUT2D eigenvalue weighted by molar-refractivity contribution is 6.55. The summed E-state index contributed by atoms with van der Waals surface area (Å²) in [6.45, 7) is 0. The number of allylic oxidation sites excluding steroid dienone is 2. The van der Waals surface area contributed by atoms with Gasteiger partial charge in [-0.05, 0) is 24.3 Å². The van der Waals surface area contributed by atoms with E-state index in [9.17, 15) is 19.2 Å². The summed E-state index contributed by atoms with van der Waals surface area (Å²) in [6.07, 6.45) is 0. The first-order valence-electron chi connectivity index (χ1n) is 10.5. The zero-order valence-corrected chi connectivity index (χ0v) is 21.5. The van der Waals surface area contributed by atoms with Crippen molar-refractivity contribution < 1.29 is 50.6 Å². The van der Waals surface area contributed by atoms with Crippen molar-refractivity contribution in [3.8, 4) is 0 Å². The lowest BCUT2D eigenvalue weighted by molar-refractivity contribution is -0.119. The Bertz CT molecular complexity index is 1520. The molecule has 0 unspecified atom stereocenters. The highest BCUT2D eigenvalue weighted by Crippen LogP contribution is 2.26. The summed E-state index contributed by atoms with van der Waals surface area (Å²) in [6, 6.07) is 21.4. The van der Waals surface area contributed by atoms with Gasteiger partial charge in [0.2, 0.25) is 11.6 Å². The smallest absolute Gasteiger partial charge is 0.354 e. The molecular formula is C26H20Cl2N2O10. The number of hydrogen-bond donors (Lipinski definition) is 4. The fourth-order valence-corrected chi connectivity index (χ4v) is 3.34. The fraction of sp³-hybridized carbons (Fsp3) is 0. The average molecular weight is 591 g/mol. The van der Waals surface area contributed by atoms with Crippen LogP contribution in [-0.2, 0) is 9.59 Å². The van der Waals surface area contributed by atoms with Crippen molar-refractivity contribution in [1.29, 1.82) is 0 Å². The number of benzene rings is 2. The molecule has 0 radical (unpaired) electrons. The Morgan fingerprint density at radius 1 is 0.575 bits per heavy atom. The van der Waals surface area contributed by atoms with Crippen LogP contribution in [0, 0.1) is 0 Å². The molecule has 0 fully saturated rings. The van der Waals surface area contributed by atoms with Gasteiger partial charge in [-0.3, -0.25) is 9.59 Å². The maximum Gasteiger partial charge on any atom is 0.354 e. The molecule has 208 valence electrons. The number of halogens is 2. The molecule has 40 heavy (non-hydrogen) atoms. The molecule has 2 heterocycles. The largest absolute Gasteiger partial charge is 0.503 e. The third-order valence-electron chi connectivity index (χ3n) is 4.88. The van der Waals surface area contributed by atoms with E-state index in [2.05, 4.69) is 9.97 Å². The van der Waals surface area contributed by atoms with Crippen molar-refractivity contribution in [1.82, 2.24) is 9.97 Å². The number of carbonyl (C=O) groups excluding carboxylic acids is 2. The number of pyridine rings is 2. The van der Waals surface area contributed by atoms with Gasteiger partial charge >= 0.3 is 11.9 Å². The minimum atomic E-state index is -1.06. The second kappa shape index (κ2) is 14.3. The lowest BCUT2D eigenvalue weighted by atomic mass is 10.1. The molecule has 4 aromatic rings. The Balaban J connectivity index is 0.000000293. The topological polar surface area (TPSA) is 238 Å². The van der Waals surface area contributed by atoms with Crippen LogP contribution in [0.4, 0.5) is 0 Å². The maximum atomic E-state index is 10.8. The van der Waals surface area contributed by atoms with Gasteiger partial charge in [-0.2, -0.15) is 0 Å². The third kappa shape index (κ3) is 7.58. The van der Waals surface area contributed by atoms with Crippen LogP contribution in [0.2, 0.25) is 0 Å². The van der Waals surface area contributed by atoms with Crippen LogP contribution >= 0.6 is 23.2 Å². The molecule has 0 atom stereocenters. The van der Waals surface area contributed by atoms with Crippen LogP contribution in [0.15, 0.2) is 94.4 Å². The third-order valence-corrected chi connectivity index (χ3v) is 5.58. The van der Waals surface area contributed by atoms with E-state index >= 15 is 0 Å². The Hall–Kier alpha value is -4.88. The van der Waals surface area contributed by atoms with E-state index in [1.807, 2.05) is 36.4 Å². The van der Waals surface area contributed by atoms with Crippen LogP contribution < -0.4 is 0 Å². The summed E-state index contributed by atoms with van der Waals surface area (Å²) in [5.41, 5.74) is 1.59. The number of carboxylic acid groups (broad SMARTS) is 2. The number of carbonyl (C=O) groups is 4. The molecule has 14 heteroatoms. The molecule has 1 aliphatic carbocycles. The van der Waals surface area contributed by atoms with Gasteiger partial charge in [0, 0.05) is 10.8 Å². The van der Waals surface area contributed by atoms with Crippen LogP contribution in [0.3, 0.4) is 0 Å². The average Bonchev–Trinajstić information content (AvgIpc) is 2.94. The minimum Gasteiger partial charge on any atom is -0.503 e. The zero-order chi connectivity index (χ0) is 28.0. The SMILES string of the molecule is O.O.O=C(O)c1ccc2ccccc2n1.O=C(O)c1ccc2ccccc2n1.O=C1C(O)=C(Cl)C(=O)C(O)=C1Cl. The van der Waals surface area contributed by atoms with E-state index in [-0.39, 0.29) is 22.3 Å². The van der Waals surface area contributed by atoms with Crippen molar-refractivity contribution in [3.63, 3.8) is 0 Å². The predicted molar refractivity (Wildman–Crippen MR) is 146 cm³/mol. The van der Waals surface area contributed by atoms with Crippen molar-refractivity contribution in [2.45, 2.75) is 0 Å². The molecule has 5 rings (SSSR count). The van der Waals surface area contributed by atoms with Crippen LogP contribution in [0.1, 0.15) is 21.0 Å². The molecular weight excluding hydrogens is 571 g/mol. The number of hydrogen-bond acceptors (Lipinski definition) is 8. The number of para-hydroxylation sites is 2. The number of aromatic carboxylic acids is 2. The Kier molecular flexibility index (Phi) is 11.9. The molecule has 0 saturated carbocycles. The number of aliphatic hydroxyl groups is 2. The van der Waals surface area contributed by atoms with E-state index in [0.717, 1.165) is 10.8 Å². The maximum absolute atomic E-state index is 10.8. The summed E-state index contributed by atoms with van der Waals surface area (Å²) in [5.74, 6) is -5.98. The molecule has 0 spiro atoms. The first-order chi connectivity index (χ1) is 18.0. The van der Waals surface area contributed by atoms with E-state index in [1.165, 1.54) is 12.1 Å². The van der Waals surface area contributed by atoms with Crippen LogP contribution in [0.5, 0.6) is 0 Å². The van der Waals surface area contributed by atoms with Crippen molar-refractivity contribution in [3.05, 3.63) is 106 Å². The lowest BCUT2D eigenvalue weighted by Gasteiger charge is -2.08. The predicted octanol–water partition coefficient (Wildman–Crippen LogP) is 3.37. The fourth-order valence-electron chi connectivity index (χ4n) is 2.99. The quantitative estimate of drug-likeness (QED) is 0.248. The molecule has 8 N–H and O–H groups in total. The zero-order valence-electron chi connectivity index (χ0n) is 20.0. The highest BCUT2D eigenvalue weighted by atomic mass is 35.5. The summed E-state index contributed by atoms with van der Waals surface area (Å²) < 4.78 is 0. The first-order valence-corrected chi connectivity index (χ1v) is 11.2. The minimum absolute atomic E-state index is 0. The normalized spacial score (nSPS) is 12.3. The van der Waals surface area contributed by atoms with Gasteiger partial charge in [0.05, 0.1) is 11.0 Å².